The summed E-state index contributed by atoms with van der Waals surface area (Å²) in [5.41, 5.74) is 13.0. The molecule has 0 saturated heterocycles. The third kappa shape index (κ3) is 1.03. The minimum atomic E-state index is 0.442. The number of H-pyrrole nitrogens is 1. The number of rotatable bonds is 1. The predicted octanol–water partition coefficient (Wildman–Crippen LogP) is 1.23. The monoisotopic (exact) mass is 166 g/mol. The first kappa shape index (κ1) is 7.46. The molecule has 0 spiro atoms. The number of anilines is 2. The summed E-state index contributed by atoms with van der Waals surface area (Å²) in [4.78, 5) is 0. The van der Waals surface area contributed by atoms with Crippen LogP contribution in [0.15, 0.2) is 0 Å². The molecule has 0 aromatic carbocycles. The second-order valence-corrected chi connectivity index (χ2v) is 3.42. The molecule has 0 bridgehead atoms. The van der Waals surface area contributed by atoms with Crippen LogP contribution in [0.25, 0.3) is 0 Å². The van der Waals surface area contributed by atoms with Crippen molar-refractivity contribution in [1.29, 1.82) is 0 Å². The molecule has 0 radical (unpaired) electrons. The van der Waals surface area contributed by atoms with E-state index in [0.717, 1.165) is 5.69 Å². The summed E-state index contributed by atoms with van der Waals surface area (Å²) in [6.45, 7) is 0. The Hall–Kier alpha value is -1.19. The maximum atomic E-state index is 5.76. The van der Waals surface area contributed by atoms with Gasteiger partial charge in [-0.3, -0.25) is 5.10 Å². The Kier molecular flexibility index (Phi) is 1.67. The fraction of sp³-hybridized carbons (Fsp3) is 0.625. The van der Waals surface area contributed by atoms with E-state index >= 15 is 0 Å². The molecule has 12 heavy (non-hydrogen) atoms. The Morgan fingerprint density at radius 2 is 1.92 bits per heavy atom. The molecule has 0 atom stereocenters. The second-order valence-electron chi connectivity index (χ2n) is 3.42. The number of nitrogen functional groups attached to an aromatic ring is 2. The number of nitrogens with one attached hydrogen (secondary N) is 1. The molecule has 66 valence electrons. The molecule has 1 aliphatic rings. The van der Waals surface area contributed by atoms with Crippen LogP contribution in [0.1, 0.15) is 37.3 Å². The lowest BCUT2D eigenvalue weighted by Crippen LogP contribution is -1.98. The average molecular weight is 166 g/mol. The van der Waals surface area contributed by atoms with Crippen LogP contribution >= 0.6 is 0 Å². The summed E-state index contributed by atoms with van der Waals surface area (Å²) in [7, 11) is 0. The van der Waals surface area contributed by atoms with E-state index in [1.807, 2.05) is 0 Å². The third-order valence-electron chi connectivity index (χ3n) is 2.63. The Balaban J connectivity index is 2.26. The lowest BCUT2D eigenvalue weighted by Gasteiger charge is -2.05. The van der Waals surface area contributed by atoms with Gasteiger partial charge in [0.2, 0.25) is 0 Å². The lowest BCUT2D eigenvalue weighted by atomic mass is 10.0. The lowest BCUT2D eigenvalue weighted by molar-refractivity contribution is 0.695. The van der Waals surface area contributed by atoms with Crippen molar-refractivity contribution in [3.63, 3.8) is 0 Å². The van der Waals surface area contributed by atoms with E-state index in [4.69, 9.17) is 11.5 Å². The average Bonchev–Trinajstić information content (AvgIpc) is 2.64. The van der Waals surface area contributed by atoms with E-state index in [1.54, 1.807) is 0 Å². The van der Waals surface area contributed by atoms with Gasteiger partial charge in [0.15, 0.2) is 5.82 Å². The van der Waals surface area contributed by atoms with Gasteiger partial charge >= 0.3 is 0 Å². The van der Waals surface area contributed by atoms with E-state index in [2.05, 4.69) is 10.2 Å². The highest BCUT2D eigenvalue weighted by Gasteiger charge is 2.21. The third-order valence-corrected chi connectivity index (χ3v) is 2.63. The Morgan fingerprint density at radius 3 is 2.42 bits per heavy atom. The second kappa shape index (κ2) is 2.69. The Labute approximate surface area is 71.3 Å². The van der Waals surface area contributed by atoms with Crippen LogP contribution in [0, 0.1) is 0 Å². The highest BCUT2D eigenvalue weighted by atomic mass is 15.2. The standard InChI is InChI=1S/C8H14N4/c9-6-7(11-12-8(6)10)5-3-1-2-4-5/h5H,1-4,9H2,(H3,10,11,12). The normalized spacial score (nSPS) is 18.7. The zero-order valence-corrected chi connectivity index (χ0v) is 7.01. The van der Waals surface area contributed by atoms with Gasteiger partial charge in [0.1, 0.15) is 0 Å². The highest BCUT2D eigenvalue weighted by Crippen LogP contribution is 2.36. The molecule has 4 nitrogen and oxygen atoms in total. The van der Waals surface area contributed by atoms with Crippen LogP contribution in [-0.2, 0) is 0 Å². The summed E-state index contributed by atoms with van der Waals surface area (Å²) < 4.78 is 0. The summed E-state index contributed by atoms with van der Waals surface area (Å²) in [5, 5.41) is 6.80. The molecule has 0 unspecified atom stereocenters. The van der Waals surface area contributed by atoms with Gasteiger partial charge in [-0.1, -0.05) is 12.8 Å². The van der Waals surface area contributed by atoms with Crippen LogP contribution in [0.4, 0.5) is 11.5 Å². The largest absolute Gasteiger partial charge is 0.394 e. The number of aromatic amines is 1. The van der Waals surface area contributed by atoms with E-state index in [0.29, 0.717) is 17.4 Å². The van der Waals surface area contributed by atoms with Gasteiger partial charge < -0.3 is 11.5 Å². The fourth-order valence-electron chi connectivity index (χ4n) is 1.90. The van der Waals surface area contributed by atoms with Gasteiger partial charge in [-0.2, -0.15) is 5.10 Å². The number of nitrogens with two attached hydrogens (primary N) is 2. The van der Waals surface area contributed by atoms with Crippen molar-refractivity contribution in [1.82, 2.24) is 10.2 Å². The Morgan fingerprint density at radius 1 is 1.25 bits per heavy atom. The first-order valence-electron chi connectivity index (χ1n) is 4.38. The molecule has 2 rings (SSSR count). The van der Waals surface area contributed by atoms with Crippen molar-refractivity contribution in [3.8, 4) is 0 Å². The molecule has 4 heteroatoms. The molecule has 1 saturated carbocycles. The first-order valence-corrected chi connectivity index (χ1v) is 4.38. The number of hydrogen-bond donors (Lipinski definition) is 3. The van der Waals surface area contributed by atoms with Gasteiger partial charge in [0, 0.05) is 5.92 Å². The first-order chi connectivity index (χ1) is 5.79. The summed E-state index contributed by atoms with van der Waals surface area (Å²) in [5.74, 6) is 1.01. The van der Waals surface area contributed by atoms with E-state index in [-0.39, 0.29) is 0 Å². The molecular weight excluding hydrogens is 152 g/mol. The fourth-order valence-corrected chi connectivity index (χ4v) is 1.90. The zero-order chi connectivity index (χ0) is 8.55. The van der Waals surface area contributed by atoms with Gasteiger partial charge in [-0.05, 0) is 12.8 Å². The zero-order valence-electron chi connectivity index (χ0n) is 7.01. The molecule has 1 aliphatic carbocycles. The van der Waals surface area contributed by atoms with Crippen molar-refractivity contribution in [3.05, 3.63) is 5.69 Å². The van der Waals surface area contributed by atoms with E-state index in [1.165, 1.54) is 25.7 Å². The summed E-state index contributed by atoms with van der Waals surface area (Å²) in [6.07, 6.45) is 5.02. The summed E-state index contributed by atoms with van der Waals surface area (Å²) in [6, 6.07) is 0. The Bertz CT molecular complexity index is 273. The van der Waals surface area contributed by atoms with Crippen molar-refractivity contribution in [2.24, 2.45) is 0 Å². The molecule has 1 aromatic heterocycles. The van der Waals surface area contributed by atoms with Crippen molar-refractivity contribution in [2.75, 3.05) is 11.5 Å². The van der Waals surface area contributed by atoms with Crippen LogP contribution < -0.4 is 11.5 Å². The quantitative estimate of drug-likeness (QED) is 0.587. The number of aromatic nitrogens is 2. The molecule has 0 aliphatic heterocycles. The number of hydrogen-bond acceptors (Lipinski definition) is 3. The van der Waals surface area contributed by atoms with Crippen LogP contribution in [-0.4, -0.2) is 10.2 Å². The maximum Gasteiger partial charge on any atom is 0.168 e. The van der Waals surface area contributed by atoms with Crippen LogP contribution in [0.5, 0.6) is 0 Å². The molecular formula is C8H14N4. The van der Waals surface area contributed by atoms with Gasteiger partial charge in [0.25, 0.3) is 0 Å². The molecule has 1 aromatic rings. The topological polar surface area (TPSA) is 80.7 Å². The molecule has 5 N–H and O–H groups in total. The minimum Gasteiger partial charge on any atom is -0.394 e. The summed E-state index contributed by atoms with van der Waals surface area (Å²) >= 11 is 0. The van der Waals surface area contributed by atoms with Crippen molar-refractivity contribution < 1.29 is 0 Å². The van der Waals surface area contributed by atoms with Crippen LogP contribution in [0.2, 0.25) is 0 Å². The number of nitrogens with zero attached hydrogens (tertiary/aromatic N) is 1. The van der Waals surface area contributed by atoms with Gasteiger partial charge in [0.05, 0.1) is 11.4 Å². The maximum absolute atomic E-state index is 5.76. The molecule has 0 amide bonds. The van der Waals surface area contributed by atoms with Crippen molar-refractivity contribution in [2.45, 2.75) is 31.6 Å². The molecule has 1 heterocycles. The SMILES string of the molecule is Nc1n[nH]c(C2CCCC2)c1N. The van der Waals surface area contributed by atoms with E-state index < -0.39 is 0 Å². The van der Waals surface area contributed by atoms with E-state index in [9.17, 15) is 0 Å². The highest BCUT2D eigenvalue weighted by molar-refractivity contribution is 5.62. The minimum absolute atomic E-state index is 0.442. The smallest absolute Gasteiger partial charge is 0.168 e. The van der Waals surface area contributed by atoms with Gasteiger partial charge in [-0.25, -0.2) is 0 Å². The van der Waals surface area contributed by atoms with Crippen LogP contribution in [0.3, 0.4) is 0 Å². The predicted molar refractivity (Wildman–Crippen MR) is 48.6 cm³/mol. The van der Waals surface area contributed by atoms with Crippen molar-refractivity contribution >= 4 is 11.5 Å². The molecule has 1 fully saturated rings. The van der Waals surface area contributed by atoms with Gasteiger partial charge in [-0.15, -0.1) is 0 Å².